The second kappa shape index (κ2) is 40.7. The predicted octanol–water partition coefficient (Wildman–Crippen LogP) is 10.9. The van der Waals surface area contributed by atoms with E-state index in [4.69, 9.17) is 9.47 Å². The Kier molecular flexibility index (Phi) is 45.5. The molecule has 0 fully saturated rings. The van der Waals surface area contributed by atoms with Crippen molar-refractivity contribution in [1.82, 2.24) is 0 Å². The van der Waals surface area contributed by atoms with E-state index in [2.05, 4.69) is 27.7 Å². The normalized spacial score (nSPS) is 10.3. The molecule has 0 N–H and O–H groups in total. The lowest BCUT2D eigenvalue weighted by atomic mass is 10.1. The SMILES string of the molecule is CCCCCCCCCC(C)=O.CCCCCCCCCCOC.CCCCCCOCCCC. The van der Waals surface area contributed by atoms with Crippen LogP contribution >= 0.6 is 0 Å². The summed E-state index contributed by atoms with van der Waals surface area (Å²) in [5.74, 6) is 0.337. The fourth-order valence-corrected chi connectivity index (χ4v) is 3.69. The zero-order valence-corrected chi connectivity index (χ0v) is 25.4. The van der Waals surface area contributed by atoms with E-state index in [-0.39, 0.29) is 0 Å². The molecule has 214 valence electrons. The molecule has 0 aromatic heterocycles. The first-order chi connectivity index (χ1) is 17.1. The van der Waals surface area contributed by atoms with Crippen LogP contribution < -0.4 is 0 Å². The molecule has 0 bridgehead atoms. The summed E-state index contributed by atoms with van der Waals surface area (Å²) < 4.78 is 10.4. The second-order valence-electron chi connectivity index (χ2n) is 10.1. The lowest BCUT2D eigenvalue weighted by Crippen LogP contribution is -1.96. The van der Waals surface area contributed by atoms with Gasteiger partial charge in [0.1, 0.15) is 5.78 Å². The molecule has 0 radical (unpaired) electrons. The molecule has 3 heteroatoms. The molecule has 0 spiro atoms. The maximum Gasteiger partial charge on any atom is 0.129 e. The molecule has 0 saturated carbocycles. The Morgan fingerprint density at radius 2 is 0.800 bits per heavy atom. The van der Waals surface area contributed by atoms with Gasteiger partial charge in [-0.25, -0.2) is 0 Å². The maximum atomic E-state index is 10.6. The second-order valence-corrected chi connectivity index (χ2v) is 10.1. The molecule has 3 nitrogen and oxygen atoms in total. The lowest BCUT2D eigenvalue weighted by molar-refractivity contribution is -0.117. The summed E-state index contributed by atoms with van der Waals surface area (Å²) in [6.07, 6.45) is 28.6. The van der Waals surface area contributed by atoms with Crippen molar-refractivity contribution in [2.24, 2.45) is 0 Å². The number of ketones is 1. The minimum Gasteiger partial charge on any atom is -0.385 e. The van der Waals surface area contributed by atoms with Crippen LogP contribution in [0.3, 0.4) is 0 Å². The van der Waals surface area contributed by atoms with Crippen molar-refractivity contribution < 1.29 is 14.3 Å². The fourth-order valence-electron chi connectivity index (χ4n) is 3.69. The average molecular weight is 501 g/mol. The van der Waals surface area contributed by atoms with Gasteiger partial charge in [-0.15, -0.1) is 0 Å². The monoisotopic (exact) mass is 501 g/mol. The Morgan fingerprint density at radius 1 is 0.457 bits per heavy atom. The summed E-state index contributed by atoms with van der Waals surface area (Å²) in [6, 6.07) is 0. The summed E-state index contributed by atoms with van der Waals surface area (Å²) in [6.45, 7) is 13.5. The highest BCUT2D eigenvalue weighted by atomic mass is 16.5. The number of unbranched alkanes of at least 4 members (excludes halogenated alkanes) is 17. The van der Waals surface area contributed by atoms with Gasteiger partial charge >= 0.3 is 0 Å². The van der Waals surface area contributed by atoms with Crippen LogP contribution in [0.2, 0.25) is 0 Å². The molecule has 0 aliphatic rings. The van der Waals surface area contributed by atoms with Crippen LogP contribution in [-0.4, -0.2) is 32.7 Å². The van der Waals surface area contributed by atoms with Gasteiger partial charge in [-0.3, -0.25) is 0 Å². The first kappa shape index (κ1) is 39.1. The smallest absolute Gasteiger partial charge is 0.129 e. The van der Waals surface area contributed by atoms with Crippen molar-refractivity contribution in [2.45, 2.75) is 176 Å². The number of ether oxygens (including phenoxy) is 2. The number of rotatable bonds is 25. The minimum absolute atomic E-state index is 0.337. The Bertz CT molecular complexity index is 326. The highest BCUT2D eigenvalue weighted by Gasteiger charge is 1.94. The number of hydrogen-bond donors (Lipinski definition) is 0. The van der Waals surface area contributed by atoms with Crippen molar-refractivity contribution in [2.75, 3.05) is 26.9 Å². The van der Waals surface area contributed by atoms with Gasteiger partial charge in [0, 0.05) is 33.4 Å². The third kappa shape index (κ3) is 51.2. The molecule has 0 aromatic rings. The number of carbonyl (C=O) groups excluding carboxylic acids is 1. The predicted molar refractivity (Wildman–Crippen MR) is 158 cm³/mol. The summed E-state index contributed by atoms with van der Waals surface area (Å²) >= 11 is 0. The van der Waals surface area contributed by atoms with Gasteiger partial charge in [-0.05, 0) is 32.6 Å². The van der Waals surface area contributed by atoms with E-state index in [0.717, 1.165) is 32.7 Å². The number of hydrogen-bond acceptors (Lipinski definition) is 3. The third-order valence-corrected chi connectivity index (χ3v) is 6.12. The van der Waals surface area contributed by atoms with Gasteiger partial charge in [0.05, 0.1) is 0 Å². The zero-order valence-electron chi connectivity index (χ0n) is 25.4. The first-order valence-electron chi connectivity index (χ1n) is 15.7. The molecule has 0 heterocycles. The van der Waals surface area contributed by atoms with Crippen LogP contribution in [0.4, 0.5) is 0 Å². The molecular weight excluding hydrogens is 432 g/mol. The largest absolute Gasteiger partial charge is 0.385 e. The van der Waals surface area contributed by atoms with Crippen molar-refractivity contribution >= 4 is 5.78 Å². The Balaban J connectivity index is -0.000000439. The number of carbonyl (C=O) groups is 1. The van der Waals surface area contributed by atoms with Crippen LogP contribution in [0.15, 0.2) is 0 Å². The van der Waals surface area contributed by atoms with Gasteiger partial charge in [0.2, 0.25) is 0 Å². The van der Waals surface area contributed by atoms with E-state index >= 15 is 0 Å². The summed E-state index contributed by atoms with van der Waals surface area (Å²) in [7, 11) is 1.78. The molecule has 0 atom stereocenters. The molecule has 0 aliphatic carbocycles. The first-order valence-corrected chi connectivity index (χ1v) is 15.7. The quantitative estimate of drug-likeness (QED) is 0.117. The van der Waals surface area contributed by atoms with Crippen LogP contribution in [-0.2, 0) is 14.3 Å². The highest BCUT2D eigenvalue weighted by Crippen LogP contribution is 2.09. The molecular formula is C32H68O3. The molecule has 0 amide bonds. The van der Waals surface area contributed by atoms with Crippen molar-refractivity contribution in [1.29, 1.82) is 0 Å². The van der Waals surface area contributed by atoms with Gasteiger partial charge in [0.15, 0.2) is 0 Å². The molecule has 35 heavy (non-hydrogen) atoms. The molecule has 0 saturated heterocycles. The number of methoxy groups -OCH3 is 1. The van der Waals surface area contributed by atoms with Gasteiger partial charge in [-0.2, -0.15) is 0 Å². The van der Waals surface area contributed by atoms with E-state index in [1.165, 1.54) is 128 Å². The van der Waals surface area contributed by atoms with E-state index in [9.17, 15) is 4.79 Å². The standard InChI is InChI=1S/C11H24O.C11H22O.C10H22O/c1-3-4-5-6-7-8-9-10-11-12-2;1-3-4-5-6-7-8-9-10-11(2)12;1-3-5-7-8-10-11-9-6-4-2/h3-11H2,1-2H3;3-10H2,1-2H3;3-10H2,1-2H3. The average Bonchev–Trinajstić information content (AvgIpc) is 2.85. The Morgan fingerprint density at radius 3 is 1.23 bits per heavy atom. The third-order valence-electron chi connectivity index (χ3n) is 6.12. The Labute approximate surface area is 222 Å². The molecule has 0 unspecified atom stereocenters. The molecule has 0 aromatic carbocycles. The lowest BCUT2D eigenvalue weighted by Gasteiger charge is -2.01. The van der Waals surface area contributed by atoms with Crippen molar-refractivity contribution in [3.63, 3.8) is 0 Å². The Hall–Kier alpha value is -0.410. The topological polar surface area (TPSA) is 35.5 Å². The highest BCUT2D eigenvalue weighted by molar-refractivity contribution is 5.75. The maximum absolute atomic E-state index is 10.6. The summed E-state index contributed by atoms with van der Waals surface area (Å²) in [5.41, 5.74) is 0. The van der Waals surface area contributed by atoms with Gasteiger partial charge in [-0.1, -0.05) is 137 Å². The van der Waals surface area contributed by atoms with Crippen LogP contribution in [0.25, 0.3) is 0 Å². The van der Waals surface area contributed by atoms with Crippen molar-refractivity contribution in [3.8, 4) is 0 Å². The van der Waals surface area contributed by atoms with Crippen LogP contribution in [0.1, 0.15) is 176 Å². The fraction of sp³-hybridized carbons (Fsp3) is 0.969. The van der Waals surface area contributed by atoms with Crippen molar-refractivity contribution in [3.05, 3.63) is 0 Å². The number of Topliss-reactive ketones (excluding diaryl/α,β-unsaturated/α-hetero) is 1. The molecule has 0 rings (SSSR count). The zero-order chi connectivity index (χ0) is 26.7. The van der Waals surface area contributed by atoms with Gasteiger partial charge < -0.3 is 14.3 Å². The van der Waals surface area contributed by atoms with Gasteiger partial charge in [0.25, 0.3) is 0 Å². The van der Waals surface area contributed by atoms with Crippen LogP contribution in [0, 0.1) is 0 Å². The van der Waals surface area contributed by atoms with Crippen LogP contribution in [0.5, 0.6) is 0 Å². The van der Waals surface area contributed by atoms with E-state index < -0.39 is 0 Å². The van der Waals surface area contributed by atoms with E-state index in [0.29, 0.717) is 5.78 Å². The molecule has 0 aliphatic heterocycles. The van der Waals surface area contributed by atoms with E-state index in [1.807, 2.05) is 0 Å². The summed E-state index contributed by atoms with van der Waals surface area (Å²) in [4.78, 5) is 10.6. The van der Waals surface area contributed by atoms with E-state index in [1.54, 1.807) is 14.0 Å². The minimum atomic E-state index is 0.337. The summed E-state index contributed by atoms with van der Waals surface area (Å²) in [5, 5.41) is 0.